The van der Waals surface area contributed by atoms with E-state index in [-0.39, 0.29) is 18.2 Å². The second kappa shape index (κ2) is 8.54. The molecule has 5 nitrogen and oxygen atoms in total. The quantitative estimate of drug-likeness (QED) is 0.684. The number of carbonyl (C=O) groups excluding carboxylic acids is 1. The fourth-order valence-electron chi connectivity index (χ4n) is 2.90. The largest absolute Gasteiger partial charge is 0.488 e. The lowest BCUT2D eigenvalue weighted by Crippen LogP contribution is -2.27. The summed E-state index contributed by atoms with van der Waals surface area (Å²) in [4.78, 5) is 12.5. The molecule has 1 N–H and O–H groups in total. The maximum absolute atomic E-state index is 12.5. The summed E-state index contributed by atoms with van der Waals surface area (Å²) in [6.07, 6.45) is 0.762. The molecule has 2 aromatic carbocycles. The summed E-state index contributed by atoms with van der Waals surface area (Å²) in [7, 11) is 0. The third-order valence-corrected chi connectivity index (χ3v) is 4.44. The summed E-state index contributed by atoms with van der Waals surface area (Å²) < 4.78 is 11.1. The maximum Gasteiger partial charge on any atom is 0.273 e. The third-order valence-electron chi connectivity index (χ3n) is 4.44. The molecule has 0 fully saturated rings. The normalized spacial score (nSPS) is 10.6. The molecule has 3 rings (SSSR count). The summed E-state index contributed by atoms with van der Waals surface area (Å²) in [6, 6.07) is 16.0. The molecule has 0 unspecified atom stereocenters. The van der Waals surface area contributed by atoms with Gasteiger partial charge in [0.25, 0.3) is 5.91 Å². The molecule has 1 aromatic heterocycles. The van der Waals surface area contributed by atoms with E-state index in [4.69, 9.17) is 9.26 Å². The molecule has 27 heavy (non-hydrogen) atoms. The van der Waals surface area contributed by atoms with Crippen LogP contribution in [-0.2, 0) is 13.0 Å². The summed E-state index contributed by atoms with van der Waals surface area (Å²) in [5.74, 6) is 1.13. The van der Waals surface area contributed by atoms with Gasteiger partial charge in [0.2, 0.25) is 0 Å². The standard InChI is InChI=1S/C22H24N2O3/c1-15-9-10-20(16(2)13-15)26-14-19-17(3)27-24-21(19)22(25)23-12-11-18-7-5-4-6-8-18/h4-10,13H,11-12,14H2,1-3H3,(H,23,25). The minimum atomic E-state index is -0.248. The molecule has 3 aromatic rings. The van der Waals surface area contributed by atoms with Gasteiger partial charge in [-0.05, 0) is 44.4 Å². The average molecular weight is 364 g/mol. The molecule has 0 atom stereocenters. The second-order valence-electron chi connectivity index (χ2n) is 6.62. The molecule has 0 radical (unpaired) electrons. The van der Waals surface area contributed by atoms with E-state index in [9.17, 15) is 4.79 Å². The second-order valence-corrected chi connectivity index (χ2v) is 6.62. The number of nitrogens with zero attached hydrogens (tertiary/aromatic N) is 1. The van der Waals surface area contributed by atoms with Gasteiger partial charge in [-0.25, -0.2) is 0 Å². The van der Waals surface area contributed by atoms with Crippen LogP contribution >= 0.6 is 0 Å². The van der Waals surface area contributed by atoms with Gasteiger partial charge in [0, 0.05) is 6.54 Å². The van der Waals surface area contributed by atoms with E-state index in [0.717, 1.165) is 17.7 Å². The van der Waals surface area contributed by atoms with E-state index in [1.54, 1.807) is 6.92 Å². The van der Waals surface area contributed by atoms with E-state index in [1.165, 1.54) is 11.1 Å². The third kappa shape index (κ3) is 4.76. The summed E-state index contributed by atoms with van der Waals surface area (Å²) in [5, 5.41) is 6.82. The zero-order chi connectivity index (χ0) is 19.2. The Balaban J connectivity index is 1.62. The van der Waals surface area contributed by atoms with Gasteiger partial charge in [-0.3, -0.25) is 4.79 Å². The molecule has 0 saturated carbocycles. The highest BCUT2D eigenvalue weighted by atomic mass is 16.5. The van der Waals surface area contributed by atoms with E-state index < -0.39 is 0 Å². The van der Waals surface area contributed by atoms with Gasteiger partial charge in [0.1, 0.15) is 18.1 Å². The average Bonchev–Trinajstić information content (AvgIpc) is 3.02. The Morgan fingerprint density at radius 3 is 2.63 bits per heavy atom. The number of nitrogens with one attached hydrogen (secondary N) is 1. The minimum absolute atomic E-state index is 0.237. The van der Waals surface area contributed by atoms with Crippen LogP contribution in [0.5, 0.6) is 5.75 Å². The number of aryl methyl sites for hydroxylation is 3. The Bertz CT molecular complexity index is 917. The smallest absolute Gasteiger partial charge is 0.273 e. The molecule has 0 saturated heterocycles. The first kappa shape index (κ1) is 18.7. The number of rotatable bonds is 7. The van der Waals surface area contributed by atoms with Gasteiger partial charge in [-0.15, -0.1) is 0 Å². The molecule has 0 bridgehead atoms. The molecular weight excluding hydrogens is 340 g/mol. The van der Waals surface area contributed by atoms with Gasteiger partial charge in [0.15, 0.2) is 5.69 Å². The first-order valence-corrected chi connectivity index (χ1v) is 9.02. The van der Waals surface area contributed by atoms with E-state index in [1.807, 2.05) is 56.3 Å². The van der Waals surface area contributed by atoms with Gasteiger partial charge in [-0.1, -0.05) is 53.2 Å². The summed E-state index contributed by atoms with van der Waals surface area (Å²) in [6.45, 7) is 6.60. The predicted octanol–water partition coefficient (Wildman–Crippen LogP) is 4.15. The molecule has 1 amide bonds. The number of carbonyl (C=O) groups is 1. The van der Waals surface area contributed by atoms with Crippen LogP contribution in [0.4, 0.5) is 0 Å². The molecule has 0 aliphatic carbocycles. The Morgan fingerprint density at radius 2 is 1.89 bits per heavy atom. The fourth-order valence-corrected chi connectivity index (χ4v) is 2.90. The highest BCUT2D eigenvalue weighted by molar-refractivity contribution is 5.93. The predicted molar refractivity (Wildman–Crippen MR) is 104 cm³/mol. The van der Waals surface area contributed by atoms with Crippen molar-refractivity contribution in [1.82, 2.24) is 10.5 Å². The molecular formula is C22H24N2O3. The van der Waals surface area contributed by atoms with Crippen molar-refractivity contribution in [3.63, 3.8) is 0 Å². The zero-order valence-electron chi connectivity index (χ0n) is 15.9. The Hall–Kier alpha value is -3.08. The van der Waals surface area contributed by atoms with Crippen molar-refractivity contribution in [1.29, 1.82) is 0 Å². The van der Waals surface area contributed by atoms with Crippen LogP contribution in [0.2, 0.25) is 0 Å². The number of benzene rings is 2. The van der Waals surface area contributed by atoms with Crippen LogP contribution in [0.1, 0.15) is 38.5 Å². The maximum atomic E-state index is 12.5. The monoisotopic (exact) mass is 364 g/mol. The lowest BCUT2D eigenvalue weighted by atomic mass is 10.1. The zero-order valence-corrected chi connectivity index (χ0v) is 15.9. The molecule has 0 spiro atoms. The van der Waals surface area contributed by atoms with Gasteiger partial charge < -0.3 is 14.6 Å². The van der Waals surface area contributed by atoms with Crippen LogP contribution in [0, 0.1) is 20.8 Å². The van der Waals surface area contributed by atoms with Crippen LogP contribution in [0.3, 0.4) is 0 Å². The topological polar surface area (TPSA) is 64.4 Å². The Morgan fingerprint density at radius 1 is 1.11 bits per heavy atom. The highest BCUT2D eigenvalue weighted by Crippen LogP contribution is 2.22. The molecule has 1 heterocycles. The van der Waals surface area contributed by atoms with Gasteiger partial charge in [-0.2, -0.15) is 0 Å². The summed E-state index contributed by atoms with van der Waals surface area (Å²) in [5.41, 5.74) is 4.36. The van der Waals surface area contributed by atoms with Crippen molar-refractivity contribution in [3.05, 3.63) is 82.2 Å². The van der Waals surface area contributed by atoms with Crippen molar-refractivity contribution in [3.8, 4) is 5.75 Å². The van der Waals surface area contributed by atoms with Gasteiger partial charge >= 0.3 is 0 Å². The fraction of sp³-hybridized carbons (Fsp3) is 0.273. The minimum Gasteiger partial charge on any atom is -0.488 e. The van der Waals surface area contributed by atoms with Crippen molar-refractivity contribution in [2.24, 2.45) is 0 Å². The van der Waals surface area contributed by atoms with E-state index >= 15 is 0 Å². The lowest BCUT2D eigenvalue weighted by molar-refractivity contribution is 0.0943. The Labute approximate surface area is 159 Å². The Kier molecular flexibility index (Phi) is 5.91. The SMILES string of the molecule is Cc1ccc(OCc2c(C(=O)NCCc3ccccc3)noc2C)c(C)c1. The molecule has 0 aliphatic rings. The number of ether oxygens (including phenoxy) is 1. The number of hydrogen-bond acceptors (Lipinski definition) is 4. The van der Waals surface area contributed by atoms with Crippen LogP contribution in [0.25, 0.3) is 0 Å². The van der Waals surface area contributed by atoms with Crippen molar-refractivity contribution in [2.75, 3.05) is 6.54 Å². The van der Waals surface area contributed by atoms with Crippen molar-refractivity contribution in [2.45, 2.75) is 33.8 Å². The number of hydrogen-bond donors (Lipinski definition) is 1. The van der Waals surface area contributed by atoms with E-state index in [2.05, 4.69) is 16.5 Å². The number of aromatic nitrogens is 1. The number of amides is 1. The van der Waals surface area contributed by atoms with E-state index in [0.29, 0.717) is 17.9 Å². The van der Waals surface area contributed by atoms with Crippen LogP contribution in [0.15, 0.2) is 53.1 Å². The molecule has 140 valence electrons. The van der Waals surface area contributed by atoms with Gasteiger partial charge in [0.05, 0.1) is 5.56 Å². The molecule has 0 aliphatic heterocycles. The molecule has 5 heteroatoms. The summed E-state index contributed by atoms with van der Waals surface area (Å²) >= 11 is 0. The van der Waals surface area contributed by atoms with Crippen molar-refractivity contribution >= 4 is 5.91 Å². The van der Waals surface area contributed by atoms with Crippen LogP contribution in [-0.4, -0.2) is 17.6 Å². The van der Waals surface area contributed by atoms with Crippen molar-refractivity contribution < 1.29 is 14.1 Å². The van der Waals surface area contributed by atoms with Crippen LogP contribution < -0.4 is 10.1 Å². The highest BCUT2D eigenvalue weighted by Gasteiger charge is 2.20. The first-order chi connectivity index (χ1) is 13.0. The lowest BCUT2D eigenvalue weighted by Gasteiger charge is -2.10. The first-order valence-electron chi connectivity index (χ1n) is 9.02.